The van der Waals surface area contributed by atoms with Crippen molar-refractivity contribution in [2.24, 2.45) is 0 Å². The lowest BCUT2D eigenvalue weighted by Crippen LogP contribution is -2.37. The Kier molecular flexibility index (Phi) is 8.69. The number of hydrogen-bond acceptors (Lipinski definition) is 3. The molecule has 0 bridgehead atoms. The van der Waals surface area contributed by atoms with Crippen LogP contribution >= 0.6 is 23.2 Å². The Bertz CT molecular complexity index is 625. The van der Waals surface area contributed by atoms with Gasteiger partial charge in [-0.1, -0.05) is 35.7 Å². The second-order valence-electron chi connectivity index (χ2n) is 6.66. The van der Waals surface area contributed by atoms with E-state index in [2.05, 4.69) is 10.6 Å². The van der Waals surface area contributed by atoms with Crippen LogP contribution in [-0.2, 0) is 9.59 Å². The average molecular weight is 400 g/mol. The number of nitrogens with zero attached hydrogens (tertiary/aromatic N) is 1. The first-order valence-electron chi connectivity index (χ1n) is 9.20. The van der Waals surface area contributed by atoms with Crippen molar-refractivity contribution in [2.75, 3.05) is 26.2 Å². The first-order valence-corrected chi connectivity index (χ1v) is 9.96. The number of nitrogens with one attached hydrogen (secondary N) is 2. The van der Waals surface area contributed by atoms with Crippen LogP contribution in [0, 0.1) is 0 Å². The van der Waals surface area contributed by atoms with Crippen molar-refractivity contribution in [1.82, 2.24) is 15.5 Å². The molecular formula is C19H27Cl2N3O2. The van der Waals surface area contributed by atoms with Crippen molar-refractivity contribution in [2.45, 2.75) is 45.1 Å². The lowest BCUT2D eigenvalue weighted by molar-refractivity contribution is -0.130. The Morgan fingerprint density at radius 2 is 2.08 bits per heavy atom. The molecule has 5 nitrogen and oxygen atoms in total. The number of carbonyl (C=O) groups is 2. The van der Waals surface area contributed by atoms with E-state index in [1.807, 2.05) is 17.9 Å². The fraction of sp³-hybridized carbons (Fsp3) is 0.579. The normalized spacial score (nSPS) is 16.3. The predicted molar refractivity (Wildman–Crippen MR) is 106 cm³/mol. The van der Waals surface area contributed by atoms with E-state index in [0.29, 0.717) is 29.6 Å². The fourth-order valence-corrected chi connectivity index (χ4v) is 3.62. The molecule has 1 aliphatic heterocycles. The molecular weight excluding hydrogens is 373 g/mol. The van der Waals surface area contributed by atoms with Gasteiger partial charge >= 0.3 is 0 Å². The molecule has 0 radical (unpaired) electrons. The summed E-state index contributed by atoms with van der Waals surface area (Å²) in [5, 5.41) is 7.22. The second-order valence-corrected chi connectivity index (χ2v) is 7.51. The zero-order valence-electron chi connectivity index (χ0n) is 15.2. The van der Waals surface area contributed by atoms with Crippen molar-refractivity contribution in [3.63, 3.8) is 0 Å². The molecule has 1 heterocycles. The highest BCUT2D eigenvalue weighted by atomic mass is 35.5. The van der Waals surface area contributed by atoms with E-state index < -0.39 is 0 Å². The minimum atomic E-state index is -0.0656. The highest BCUT2D eigenvalue weighted by molar-refractivity contribution is 6.35. The average Bonchev–Trinajstić information content (AvgIpc) is 2.81. The molecule has 0 aromatic heterocycles. The first-order chi connectivity index (χ1) is 12.5. The van der Waals surface area contributed by atoms with E-state index in [9.17, 15) is 9.59 Å². The number of likely N-dealkylation sites (tertiary alicyclic amines) is 1. The van der Waals surface area contributed by atoms with Gasteiger partial charge in [-0.15, -0.1) is 0 Å². The third-order valence-corrected chi connectivity index (χ3v) is 5.16. The monoisotopic (exact) mass is 399 g/mol. The van der Waals surface area contributed by atoms with E-state index in [0.717, 1.165) is 37.8 Å². The third kappa shape index (κ3) is 6.78. The van der Waals surface area contributed by atoms with Gasteiger partial charge < -0.3 is 15.5 Å². The van der Waals surface area contributed by atoms with Crippen LogP contribution in [0.3, 0.4) is 0 Å². The lowest BCUT2D eigenvalue weighted by Gasteiger charge is -2.20. The zero-order chi connectivity index (χ0) is 18.9. The smallest absolute Gasteiger partial charge is 0.233 e. The molecule has 0 aliphatic carbocycles. The Morgan fingerprint density at radius 3 is 2.85 bits per heavy atom. The van der Waals surface area contributed by atoms with E-state index in [-0.39, 0.29) is 24.4 Å². The van der Waals surface area contributed by atoms with E-state index in [4.69, 9.17) is 23.2 Å². The molecule has 26 heavy (non-hydrogen) atoms. The van der Waals surface area contributed by atoms with Crippen molar-refractivity contribution < 1.29 is 9.59 Å². The summed E-state index contributed by atoms with van der Waals surface area (Å²) in [5.74, 6) is 0.174. The molecule has 7 heteroatoms. The number of amides is 2. The quantitative estimate of drug-likeness (QED) is 0.656. The Morgan fingerprint density at radius 1 is 1.27 bits per heavy atom. The van der Waals surface area contributed by atoms with Gasteiger partial charge in [-0.05, 0) is 43.9 Å². The highest BCUT2D eigenvalue weighted by Gasteiger charge is 2.16. The molecule has 144 valence electrons. The van der Waals surface area contributed by atoms with Gasteiger partial charge in [0.05, 0.1) is 6.54 Å². The molecule has 1 saturated heterocycles. The van der Waals surface area contributed by atoms with Gasteiger partial charge in [-0.2, -0.15) is 0 Å². The minimum Gasteiger partial charge on any atom is -0.355 e. The number of carbonyl (C=O) groups excluding carboxylic acids is 2. The maximum atomic E-state index is 12.0. The summed E-state index contributed by atoms with van der Waals surface area (Å²) >= 11 is 12.1. The molecule has 2 amide bonds. The van der Waals surface area contributed by atoms with Gasteiger partial charge in [0.2, 0.25) is 11.8 Å². The summed E-state index contributed by atoms with van der Waals surface area (Å²) in [6.07, 6.45) is 4.62. The number of halogens is 2. The van der Waals surface area contributed by atoms with Crippen LogP contribution in [0.4, 0.5) is 0 Å². The van der Waals surface area contributed by atoms with Gasteiger partial charge in [0, 0.05) is 42.1 Å². The van der Waals surface area contributed by atoms with Gasteiger partial charge in [0.25, 0.3) is 0 Å². The maximum absolute atomic E-state index is 12.0. The Balaban J connectivity index is 1.64. The number of benzene rings is 1. The summed E-state index contributed by atoms with van der Waals surface area (Å²) < 4.78 is 0. The van der Waals surface area contributed by atoms with Crippen molar-refractivity contribution in [3.05, 3.63) is 33.8 Å². The van der Waals surface area contributed by atoms with Crippen molar-refractivity contribution in [3.8, 4) is 0 Å². The van der Waals surface area contributed by atoms with Crippen LogP contribution in [0.25, 0.3) is 0 Å². The lowest BCUT2D eigenvalue weighted by atomic mass is 10.1. The molecule has 0 saturated carbocycles. The standard InChI is InChI=1S/C19H27Cl2N3O2/c1-14(16-8-7-15(20)12-17(16)21)23-13-18(25)22-9-5-11-24-10-4-2-3-6-19(24)26/h7-8,12,14,23H,2-6,9-11,13H2,1H3,(H,22,25). The SMILES string of the molecule is CC(NCC(=O)NCCCN1CCCCCC1=O)c1ccc(Cl)cc1Cl. The molecule has 2 N–H and O–H groups in total. The maximum Gasteiger partial charge on any atom is 0.233 e. The number of rotatable bonds is 8. The van der Waals surface area contributed by atoms with Crippen LogP contribution in [0.5, 0.6) is 0 Å². The molecule has 1 aromatic carbocycles. The molecule has 1 unspecified atom stereocenters. The van der Waals surface area contributed by atoms with Gasteiger partial charge in [-0.3, -0.25) is 9.59 Å². The van der Waals surface area contributed by atoms with Crippen LogP contribution < -0.4 is 10.6 Å². The van der Waals surface area contributed by atoms with E-state index in [1.165, 1.54) is 0 Å². The summed E-state index contributed by atoms with van der Waals surface area (Å²) in [7, 11) is 0. The topological polar surface area (TPSA) is 61.4 Å². The minimum absolute atomic E-state index is 0.0553. The largest absolute Gasteiger partial charge is 0.355 e. The van der Waals surface area contributed by atoms with Gasteiger partial charge in [-0.25, -0.2) is 0 Å². The van der Waals surface area contributed by atoms with Crippen LogP contribution in [0.15, 0.2) is 18.2 Å². The van der Waals surface area contributed by atoms with E-state index in [1.54, 1.807) is 12.1 Å². The fourth-order valence-electron chi connectivity index (χ4n) is 3.04. The predicted octanol–water partition coefficient (Wildman–Crippen LogP) is 3.55. The van der Waals surface area contributed by atoms with Crippen molar-refractivity contribution in [1.29, 1.82) is 0 Å². The van der Waals surface area contributed by atoms with Gasteiger partial charge in [0.1, 0.15) is 0 Å². The van der Waals surface area contributed by atoms with Crippen LogP contribution in [-0.4, -0.2) is 42.9 Å². The second kappa shape index (κ2) is 10.8. The molecule has 1 fully saturated rings. The molecule has 1 atom stereocenters. The van der Waals surface area contributed by atoms with Crippen LogP contribution in [0.1, 0.15) is 50.6 Å². The van der Waals surface area contributed by atoms with Crippen molar-refractivity contribution >= 4 is 35.0 Å². The summed E-state index contributed by atoms with van der Waals surface area (Å²) in [6, 6.07) is 5.28. The zero-order valence-corrected chi connectivity index (χ0v) is 16.7. The molecule has 0 spiro atoms. The summed E-state index contributed by atoms with van der Waals surface area (Å²) in [4.78, 5) is 25.8. The third-order valence-electron chi connectivity index (χ3n) is 4.60. The van der Waals surface area contributed by atoms with E-state index >= 15 is 0 Å². The highest BCUT2D eigenvalue weighted by Crippen LogP contribution is 2.25. The summed E-state index contributed by atoms with van der Waals surface area (Å²) in [6.45, 7) is 4.29. The Hall–Kier alpha value is -1.30. The first kappa shape index (κ1) is 21.0. The van der Waals surface area contributed by atoms with Crippen LogP contribution in [0.2, 0.25) is 10.0 Å². The molecule has 1 aliphatic rings. The molecule has 2 rings (SSSR count). The summed E-state index contributed by atoms with van der Waals surface area (Å²) in [5.41, 5.74) is 0.906. The Labute approximate surface area is 165 Å². The van der Waals surface area contributed by atoms with Gasteiger partial charge in [0.15, 0.2) is 0 Å². The number of hydrogen-bond donors (Lipinski definition) is 2. The molecule has 1 aromatic rings.